The van der Waals surface area contributed by atoms with Gasteiger partial charge in [-0.1, -0.05) is 30.9 Å². The van der Waals surface area contributed by atoms with Crippen molar-refractivity contribution < 1.29 is 9.53 Å². The fraction of sp³-hybridized carbons (Fsp3) is 0.263. The van der Waals surface area contributed by atoms with E-state index in [2.05, 4.69) is 16.9 Å². The van der Waals surface area contributed by atoms with E-state index >= 15 is 0 Å². The van der Waals surface area contributed by atoms with E-state index in [0.717, 1.165) is 17.7 Å². The van der Waals surface area contributed by atoms with Gasteiger partial charge in [-0.15, -0.1) is 0 Å². The van der Waals surface area contributed by atoms with Crippen molar-refractivity contribution >= 4 is 18.3 Å². The van der Waals surface area contributed by atoms with Gasteiger partial charge in [-0.05, 0) is 50.1 Å². The molecular formula is C19H27N3O2. The van der Waals surface area contributed by atoms with Crippen LogP contribution in [0.3, 0.4) is 0 Å². The highest BCUT2D eigenvalue weighted by Gasteiger charge is 1.91. The Morgan fingerprint density at radius 3 is 2.75 bits per heavy atom. The van der Waals surface area contributed by atoms with Crippen LogP contribution in [0.5, 0.6) is 0 Å². The number of carbonyl (C=O) groups is 1. The van der Waals surface area contributed by atoms with Gasteiger partial charge in [0.05, 0.1) is 6.61 Å². The molecule has 0 aromatic carbocycles. The summed E-state index contributed by atoms with van der Waals surface area (Å²) >= 11 is 0. The molecule has 1 rings (SSSR count). The second kappa shape index (κ2) is 15.1. The van der Waals surface area contributed by atoms with Crippen molar-refractivity contribution in [1.82, 2.24) is 10.3 Å². The molecule has 130 valence electrons. The number of anilines is 1. The van der Waals surface area contributed by atoms with Gasteiger partial charge in [0.1, 0.15) is 11.6 Å². The Morgan fingerprint density at radius 1 is 1.42 bits per heavy atom. The summed E-state index contributed by atoms with van der Waals surface area (Å²) in [7, 11) is 0. The van der Waals surface area contributed by atoms with Crippen molar-refractivity contribution in [1.29, 1.82) is 0 Å². The molecule has 0 bridgehead atoms. The van der Waals surface area contributed by atoms with Crippen LogP contribution in [0.25, 0.3) is 6.08 Å². The van der Waals surface area contributed by atoms with Crippen LogP contribution >= 0.6 is 0 Å². The van der Waals surface area contributed by atoms with Gasteiger partial charge < -0.3 is 15.8 Å². The fourth-order valence-electron chi connectivity index (χ4n) is 1.52. The Labute approximate surface area is 144 Å². The lowest BCUT2D eigenvalue weighted by Gasteiger charge is -2.05. The number of hydrogen-bond donors (Lipinski definition) is 2. The van der Waals surface area contributed by atoms with E-state index in [4.69, 9.17) is 10.5 Å². The number of allylic oxidation sites excluding steroid dienone is 5. The van der Waals surface area contributed by atoms with Crippen molar-refractivity contribution in [3.63, 3.8) is 0 Å². The molecule has 0 fully saturated rings. The van der Waals surface area contributed by atoms with Crippen LogP contribution in [0.4, 0.5) is 5.82 Å². The summed E-state index contributed by atoms with van der Waals surface area (Å²) in [5.74, 6) is 1.38. The molecule has 1 aromatic heterocycles. The number of nitrogens with one attached hydrogen (secondary N) is 1. The van der Waals surface area contributed by atoms with Crippen molar-refractivity contribution in [3.05, 3.63) is 66.6 Å². The minimum atomic E-state index is 0.563. The molecule has 0 unspecified atom stereocenters. The minimum absolute atomic E-state index is 0.563. The zero-order valence-corrected chi connectivity index (χ0v) is 14.4. The maximum absolute atomic E-state index is 9.91. The number of amides is 1. The van der Waals surface area contributed by atoms with Crippen LogP contribution in [0.2, 0.25) is 0 Å². The number of nitrogens with two attached hydrogens (primary N) is 1. The lowest BCUT2D eigenvalue weighted by atomic mass is 10.2. The molecule has 0 radical (unpaired) electrons. The maximum atomic E-state index is 9.91. The van der Waals surface area contributed by atoms with Crippen LogP contribution in [0.15, 0.2) is 61.0 Å². The smallest absolute Gasteiger partial charge is 0.207 e. The minimum Gasteiger partial charge on any atom is -0.494 e. The third-order valence-corrected chi connectivity index (χ3v) is 2.67. The number of aromatic nitrogens is 1. The normalized spacial score (nSPS) is 11.0. The standard InChI is InChI=1S/C11H17NO2.C8H10N2/c1-3-5-7-11(4-2)14-9-6-8-12-10-13;1-2-3-7-4-5-8(9)10-6-7/h3-5,7,10H,1,6,8-9H2,2H3,(H,12,13);2-6H,1H3,(H2,9,10)/b7-5-,11-4+;3-2+. The van der Waals surface area contributed by atoms with Crippen LogP contribution in [0, 0.1) is 0 Å². The molecular weight excluding hydrogens is 302 g/mol. The van der Waals surface area contributed by atoms with Crippen molar-refractivity contribution in [2.45, 2.75) is 20.3 Å². The number of hydrogen-bond acceptors (Lipinski definition) is 4. The lowest BCUT2D eigenvalue weighted by molar-refractivity contribution is -0.109. The Kier molecular flexibility index (Phi) is 13.3. The average Bonchev–Trinajstić information content (AvgIpc) is 2.60. The predicted molar refractivity (Wildman–Crippen MR) is 101 cm³/mol. The number of carbonyl (C=O) groups excluding carboxylic acids is 1. The lowest BCUT2D eigenvalue weighted by Crippen LogP contribution is -2.13. The van der Waals surface area contributed by atoms with Gasteiger partial charge in [0, 0.05) is 12.7 Å². The van der Waals surface area contributed by atoms with Crippen molar-refractivity contribution in [2.75, 3.05) is 18.9 Å². The maximum Gasteiger partial charge on any atom is 0.207 e. The van der Waals surface area contributed by atoms with Gasteiger partial charge >= 0.3 is 0 Å². The van der Waals surface area contributed by atoms with E-state index in [-0.39, 0.29) is 0 Å². The van der Waals surface area contributed by atoms with Gasteiger partial charge in [0.2, 0.25) is 6.41 Å². The first-order chi connectivity index (χ1) is 11.7. The van der Waals surface area contributed by atoms with Gasteiger partial charge in [-0.25, -0.2) is 4.98 Å². The van der Waals surface area contributed by atoms with E-state index < -0.39 is 0 Å². The van der Waals surface area contributed by atoms with Crippen LogP contribution < -0.4 is 11.1 Å². The van der Waals surface area contributed by atoms with Crippen molar-refractivity contribution in [3.8, 4) is 0 Å². The van der Waals surface area contributed by atoms with Gasteiger partial charge in [0.25, 0.3) is 0 Å². The molecule has 0 spiro atoms. The monoisotopic (exact) mass is 329 g/mol. The Bertz CT molecular complexity index is 546. The third-order valence-electron chi connectivity index (χ3n) is 2.67. The van der Waals surface area contributed by atoms with E-state index in [9.17, 15) is 4.79 Å². The number of ether oxygens (including phenoxy) is 1. The van der Waals surface area contributed by atoms with E-state index in [1.807, 2.05) is 50.3 Å². The first-order valence-corrected chi connectivity index (χ1v) is 7.77. The summed E-state index contributed by atoms with van der Waals surface area (Å²) in [6.07, 6.45) is 14.4. The molecule has 1 aromatic rings. The van der Waals surface area contributed by atoms with E-state index in [1.165, 1.54) is 0 Å². The molecule has 0 saturated carbocycles. The Morgan fingerprint density at radius 2 is 2.21 bits per heavy atom. The van der Waals surface area contributed by atoms with Gasteiger partial charge in [-0.3, -0.25) is 4.79 Å². The molecule has 1 amide bonds. The molecule has 0 saturated heterocycles. The van der Waals surface area contributed by atoms with Crippen LogP contribution in [-0.2, 0) is 9.53 Å². The molecule has 0 aliphatic carbocycles. The van der Waals surface area contributed by atoms with E-state index in [0.29, 0.717) is 25.4 Å². The molecule has 0 aliphatic rings. The highest BCUT2D eigenvalue weighted by atomic mass is 16.5. The predicted octanol–water partition coefficient (Wildman–Crippen LogP) is 3.48. The molecule has 5 heteroatoms. The summed E-state index contributed by atoms with van der Waals surface area (Å²) in [5, 5.41) is 2.57. The Hall–Kier alpha value is -2.82. The second-order valence-corrected chi connectivity index (χ2v) is 4.58. The zero-order chi connectivity index (χ0) is 18.0. The molecule has 1 heterocycles. The van der Waals surface area contributed by atoms with Crippen molar-refractivity contribution in [2.24, 2.45) is 0 Å². The van der Waals surface area contributed by atoms with E-state index in [1.54, 1.807) is 18.3 Å². The van der Waals surface area contributed by atoms with Crippen LogP contribution in [-0.4, -0.2) is 24.5 Å². The molecule has 5 nitrogen and oxygen atoms in total. The molecule has 0 aliphatic heterocycles. The number of nitrogen functional groups attached to an aromatic ring is 1. The average molecular weight is 329 g/mol. The summed E-state index contributed by atoms with van der Waals surface area (Å²) in [6.45, 7) is 8.69. The first-order valence-electron chi connectivity index (χ1n) is 7.77. The highest BCUT2D eigenvalue weighted by molar-refractivity contribution is 5.49. The van der Waals surface area contributed by atoms with Gasteiger partial charge in [-0.2, -0.15) is 0 Å². The summed E-state index contributed by atoms with van der Waals surface area (Å²) in [6, 6.07) is 3.72. The first kappa shape index (κ1) is 21.2. The Balaban J connectivity index is 0.000000463. The summed E-state index contributed by atoms with van der Waals surface area (Å²) < 4.78 is 5.41. The largest absolute Gasteiger partial charge is 0.494 e. The second-order valence-electron chi connectivity index (χ2n) is 4.58. The molecule has 24 heavy (non-hydrogen) atoms. The number of rotatable bonds is 9. The molecule has 0 atom stereocenters. The molecule has 3 N–H and O–H groups in total. The highest BCUT2D eigenvalue weighted by Crippen LogP contribution is 2.02. The topological polar surface area (TPSA) is 77.2 Å². The summed E-state index contributed by atoms with van der Waals surface area (Å²) in [4.78, 5) is 13.8. The SMILES string of the molecule is C/C=C/c1ccc(N)nc1.C=C/C=C\C(=C/C)OCCCNC=O. The zero-order valence-electron chi connectivity index (χ0n) is 14.4. The van der Waals surface area contributed by atoms with Crippen LogP contribution in [0.1, 0.15) is 25.8 Å². The quantitative estimate of drug-likeness (QED) is 0.315. The van der Waals surface area contributed by atoms with Gasteiger partial charge in [0.15, 0.2) is 0 Å². The summed E-state index contributed by atoms with van der Waals surface area (Å²) in [5.41, 5.74) is 6.47. The number of nitrogens with zero attached hydrogens (tertiary/aromatic N) is 1. The number of pyridine rings is 1. The fourth-order valence-corrected chi connectivity index (χ4v) is 1.52. The third kappa shape index (κ3) is 11.8.